The first-order chi connectivity index (χ1) is 9.47. The van der Waals surface area contributed by atoms with E-state index >= 15 is 0 Å². The Balaban J connectivity index is 2.11. The van der Waals surface area contributed by atoms with Crippen molar-refractivity contribution in [2.24, 2.45) is 0 Å². The third-order valence-corrected chi connectivity index (χ3v) is 2.68. The van der Waals surface area contributed by atoms with Crippen molar-refractivity contribution in [2.45, 2.75) is 6.54 Å². The number of hydrogen-bond donors (Lipinski definition) is 2. The summed E-state index contributed by atoms with van der Waals surface area (Å²) in [5, 5.41) is 11.3. The zero-order valence-electron chi connectivity index (χ0n) is 10.2. The highest BCUT2D eigenvalue weighted by Crippen LogP contribution is 2.20. The van der Waals surface area contributed by atoms with Gasteiger partial charge in [-0.15, -0.1) is 0 Å². The first-order valence-corrected chi connectivity index (χ1v) is 5.68. The summed E-state index contributed by atoms with van der Waals surface area (Å²) in [7, 11) is 0. The minimum Gasteiger partial charge on any atom is -0.478 e. The van der Waals surface area contributed by atoms with Crippen LogP contribution in [-0.4, -0.2) is 11.1 Å². The number of halogens is 3. The van der Waals surface area contributed by atoms with Crippen molar-refractivity contribution < 1.29 is 23.1 Å². The lowest BCUT2D eigenvalue weighted by atomic mass is 10.1. The Bertz CT molecular complexity index is 642. The van der Waals surface area contributed by atoms with E-state index in [1.54, 1.807) is 0 Å². The normalized spacial score (nSPS) is 10.3. The highest BCUT2D eigenvalue weighted by molar-refractivity contribution is 5.87. The van der Waals surface area contributed by atoms with E-state index in [0.29, 0.717) is 11.6 Å². The van der Waals surface area contributed by atoms with Crippen molar-refractivity contribution in [3.05, 3.63) is 65.0 Å². The van der Waals surface area contributed by atoms with E-state index in [0.717, 1.165) is 6.07 Å². The van der Waals surface area contributed by atoms with Crippen LogP contribution in [0.15, 0.2) is 36.4 Å². The lowest BCUT2D eigenvalue weighted by Crippen LogP contribution is -2.04. The summed E-state index contributed by atoms with van der Waals surface area (Å²) in [6.07, 6.45) is 0. The molecular weight excluding hydrogens is 271 g/mol. The minimum absolute atomic E-state index is 0.111. The van der Waals surface area contributed by atoms with Crippen LogP contribution >= 0.6 is 0 Å². The highest BCUT2D eigenvalue weighted by Gasteiger charge is 2.10. The van der Waals surface area contributed by atoms with Gasteiger partial charge in [-0.2, -0.15) is 0 Å². The van der Waals surface area contributed by atoms with Crippen molar-refractivity contribution in [3.63, 3.8) is 0 Å². The molecular formula is C14H10F3NO2. The highest BCUT2D eigenvalue weighted by atomic mass is 19.2. The Kier molecular flexibility index (Phi) is 3.93. The molecule has 0 bridgehead atoms. The quantitative estimate of drug-likeness (QED) is 0.844. The summed E-state index contributed by atoms with van der Waals surface area (Å²) in [6.45, 7) is 0.111. The van der Waals surface area contributed by atoms with Gasteiger partial charge in [0.1, 0.15) is 5.82 Å². The van der Waals surface area contributed by atoms with Gasteiger partial charge in [-0.05, 0) is 17.7 Å². The molecule has 0 aliphatic carbocycles. The zero-order chi connectivity index (χ0) is 14.7. The van der Waals surface area contributed by atoms with Crippen molar-refractivity contribution in [3.8, 4) is 0 Å². The van der Waals surface area contributed by atoms with Crippen LogP contribution in [0.3, 0.4) is 0 Å². The largest absolute Gasteiger partial charge is 0.478 e. The molecule has 0 atom stereocenters. The fraction of sp³-hybridized carbons (Fsp3) is 0.0714. The van der Waals surface area contributed by atoms with Gasteiger partial charge in [0.15, 0.2) is 11.6 Å². The van der Waals surface area contributed by atoms with Crippen LogP contribution in [0.1, 0.15) is 15.9 Å². The van der Waals surface area contributed by atoms with Crippen LogP contribution in [0.5, 0.6) is 0 Å². The number of hydrogen-bond acceptors (Lipinski definition) is 2. The Morgan fingerprint density at radius 3 is 2.35 bits per heavy atom. The zero-order valence-corrected chi connectivity index (χ0v) is 10.2. The molecule has 104 valence electrons. The van der Waals surface area contributed by atoms with Crippen LogP contribution < -0.4 is 5.32 Å². The third-order valence-electron chi connectivity index (χ3n) is 2.68. The molecule has 0 aromatic heterocycles. The predicted molar refractivity (Wildman–Crippen MR) is 67.0 cm³/mol. The predicted octanol–water partition coefficient (Wildman–Crippen LogP) is 3.41. The lowest BCUT2D eigenvalue weighted by molar-refractivity contribution is 0.0697. The summed E-state index contributed by atoms with van der Waals surface area (Å²) >= 11 is 0. The SMILES string of the molecule is O=C(O)c1ccc(CNc2cc(F)cc(F)c2F)cc1. The van der Waals surface area contributed by atoms with Crippen molar-refractivity contribution in [2.75, 3.05) is 5.32 Å². The lowest BCUT2D eigenvalue weighted by Gasteiger charge is -2.08. The molecule has 6 heteroatoms. The van der Waals surface area contributed by atoms with Gasteiger partial charge in [0.25, 0.3) is 0 Å². The molecule has 0 heterocycles. The molecule has 0 aliphatic heterocycles. The second kappa shape index (κ2) is 5.64. The van der Waals surface area contributed by atoms with Gasteiger partial charge < -0.3 is 10.4 Å². The molecule has 2 aromatic rings. The van der Waals surface area contributed by atoms with Crippen molar-refractivity contribution >= 4 is 11.7 Å². The molecule has 0 aliphatic rings. The van der Waals surface area contributed by atoms with Crippen molar-refractivity contribution in [1.29, 1.82) is 0 Å². The van der Waals surface area contributed by atoms with E-state index < -0.39 is 23.4 Å². The Morgan fingerprint density at radius 2 is 1.75 bits per heavy atom. The molecule has 2 rings (SSSR count). The van der Waals surface area contributed by atoms with Crippen LogP contribution in [0.25, 0.3) is 0 Å². The second-order valence-electron chi connectivity index (χ2n) is 4.10. The fourth-order valence-electron chi connectivity index (χ4n) is 1.65. The maximum absolute atomic E-state index is 13.4. The van der Waals surface area contributed by atoms with E-state index in [1.807, 2.05) is 0 Å². The molecule has 0 saturated heterocycles. The minimum atomic E-state index is -1.27. The topological polar surface area (TPSA) is 49.3 Å². The number of rotatable bonds is 4. The van der Waals surface area contributed by atoms with Crippen molar-refractivity contribution in [1.82, 2.24) is 0 Å². The average molecular weight is 281 g/mol. The molecule has 0 fully saturated rings. The summed E-state index contributed by atoms with van der Waals surface area (Å²) < 4.78 is 39.3. The number of anilines is 1. The van der Waals surface area contributed by atoms with Crippen LogP contribution in [-0.2, 0) is 6.54 Å². The van der Waals surface area contributed by atoms with Crippen LogP contribution in [0.2, 0.25) is 0 Å². The van der Waals surface area contributed by atoms with Gasteiger partial charge in [0, 0.05) is 18.7 Å². The summed E-state index contributed by atoms with van der Waals surface area (Å²) in [5.41, 5.74) is 0.487. The van der Waals surface area contributed by atoms with E-state index in [-0.39, 0.29) is 17.8 Å². The second-order valence-corrected chi connectivity index (χ2v) is 4.10. The molecule has 0 spiro atoms. The number of nitrogens with one attached hydrogen (secondary N) is 1. The number of carbonyl (C=O) groups is 1. The fourth-order valence-corrected chi connectivity index (χ4v) is 1.65. The number of carboxylic acids is 1. The maximum atomic E-state index is 13.4. The summed E-state index contributed by atoms with van der Waals surface area (Å²) in [6, 6.07) is 7.16. The van der Waals surface area contributed by atoms with Gasteiger partial charge in [-0.25, -0.2) is 18.0 Å². The van der Waals surface area contributed by atoms with Crippen LogP contribution in [0.4, 0.5) is 18.9 Å². The maximum Gasteiger partial charge on any atom is 0.335 e. The Hall–Kier alpha value is -2.50. The third kappa shape index (κ3) is 3.09. The Labute approximate surface area is 112 Å². The molecule has 0 unspecified atom stereocenters. The number of benzene rings is 2. The van der Waals surface area contributed by atoms with E-state index in [1.165, 1.54) is 24.3 Å². The van der Waals surface area contributed by atoms with E-state index in [4.69, 9.17) is 5.11 Å². The van der Waals surface area contributed by atoms with Gasteiger partial charge in [0.05, 0.1) is 11.3 Å². The average Bonchev–Trinajstić information content (AvgIpc) is 2.41. The van der Waals surface area contributed by atoms with Gasteiger partial charge in [-0.1, -0.05) is 12.1 Å². The summed E-state index contributed by atoms with van der Waals surface area (Å²) in [4.78, 5) is 10.7. The first-order valence-electron chi connectivity index (χ1n) is 5.68. The van der Waals surface area contributed by atoms with Gasteiger partial charge >= 0.3 is 5.97 Å². The number of aromatic carboxylic acids is 1. The monoisotopic (exact) mass is 281 g/mol. The molecule has 0 saturated carbocycles. The molecule has 20 heavy (non-hydrogen) atoms. The molecule has 0 radical (unpaired) electrons. The number of carboxylic acid groups (broad SMARTS) is 1. The Morgan fingerprint density at radius 1 is 1.10 bits per heavy atom. The van der Waals surface area contributed by atoms with Gasteiger partial charge in [0.2, 0.25) is 0 Å². The molecule has 3 nitrogen and oxygen atoms in total. The standard InChI is InChI=1S/C14H10F3NO2/c15-10-5-11(16)13(17)12(6-10)18-7-8-1-3-9(4-2-8)14(19)20/h1-6,18H,7H2,(H,19,20). The smallest absolute Gasteiger partial charge is 0.335 e. The van der Waals surface area contributed by atoms with Gasteiger partial charge in [-0.3, -0.25) is 0 Å². The molecule has 2 aromatic carbocycles. The molecule has 0 amide bonds. The van der Waals surface area contributed by atoms with E-state index in [9.17, 15) is 18.0 Å². The van der Waals surface area contributed by atoms with Crippen LogP contribution in [0, 0.1) is 17.5 Å². The van der Waals surface area contributed by atoms with E-state index in [2.05, 4.69) is 5.32 Å². The first kappa shape index (κ1) is 13.9. The molecule has 2 N–H and O–H groups in total. The summed E-state index contributed by atoms with van der Waals surface area (Å²) in [5.74, 6) is -4.36.